The summed E-state index contributed by atoms with van der Waals surface area (Å²) >= 11 is 0. The van der Waals surface area contributed by atoms with Crippen molar-refractivity contribution in [2.24, 2.45) is 0 Å². The SMILES string of the molecule is C=CCOC[C@H](O)CN1CCO[C@@H](CN(CCOC)C(=O)c2cccc(F)c2)C1. The average molecular weight is 410 g/mol. The second-order valence-corrected chi connectivity index (χ2v) is 6.99. The van der Waals surface area contributed by atoms with Crippen molar-refractivity contribution in [1.82, 2.24) is 9.80 Å². The minimum Gasteiger partial charge on any atom is -0.389 e. The van der Waals surface area contributed by atoms with Crippen molar-refractivity contribution < 1.29 is 28.5 Å². The molecule has 1 amide bonds. The van der Waals surface area contributed by atoms with E-state index in [1.165, 1.54) is 18.2 Å². The summed E-state index contributed by atoms with van der Waals surface area (Å²) in [6.45, 7) is 7.59. The molecule has 1 N–H and O–H groups in total. The number of morpholine rings is 1. The van der Waals surface area contributed by atoms with Crippen LogP contribution in [0.15, 0.2) is 36.9 Å². The Morgan fingerprint density at radius 1 is 1.55 bits per heavy atom. The zero-order valence-electron chi connectivity index (χ0n) is 17.0. The van der Waals surface area contributed by atoms with Gasteiger partial charge < -0.3 is 24.2 Å². The van der Waals surface area contributed by atoms with Crippen LogP contribution in [0.5, 0.6) is 0 Å². The highest BCUT2D eigenvalue weighted by Gasteiger charge is 2.26. The predicted molar refractivity (Wildman–Crippen MR) is 107 cm³/mol. The van der Waals surface area contributed by atoms with Crippen LogP contribution in [0.1, 0.15) is 10.4 Å². The van der Waals surface area contributed by atoms with Crippen molar-refractivity contribution in [2.45, 2.75) is 12.2 Å². The molecule has 1 saturated heterocycles. The third-order valence-electron chi connectivity index (χ3n) is 4.59. The number of aliphatic hydroxyl groups excluding tert-OH is 1. The van der Waals surface area contributed by atoms with E-state index in [0.717, 1.165) is 0 Å². The van der Waals surface area contributed by atoms with Gasteiger partial charge >= 0.3 is 0 Å². The minimum absolute atomic E-state index is 0.209. The molecule has 1 aliphatic rings. The Labute approximate surface area is 171 Å². The average Bonchev–Trinajstić information content (AvgIpc) is 2.71. The molecule has 0 radical (unpaired) electrons. The minimum atomic E-state index is -0.604. The number of hydrogen-bond donors (Lipinski definition) is 1. The number of halogens is 1. The summed E-state index contributed by atoms with van der Waals surface area (Å²) in [6.07, 6.45) is 0.827. The van der Waals surface area contributed by atoms with E-state index in [2.05, 4.69) is 11.5 Å². The van der Waals surface area contributed by atoms with E-state index in [-0.39, 0.29) is 18.6 Å². The van der Waals surface area contributed by atoms with Crippen LogP contribution in [0.4, 0.5) is 4.39 Å². The van der Waals surface area contributed by atoms with Gasteiger partial charge in [0.15, 0.2) is 0 Å². The highest BCUT2D eigenvalue weighted by molar-refractivity contribution is 5.94. The maximum Gasteiger partial charge on any atom is 0.254 e. The van der Waals surface area contributed by atoms with E-state index >= 15 is 0 Å². The molecule has 7 nitrogen and oxygen atoms in total. The molecule has 0 aromatic heterocycles. The highest BCUT2D eigenvalue weighted by Crippen LogP contribution is 2.12. The lowest BCUT2D eigenvalue weighted by Crippen LogP contribution is -2.51. The summed E-state index contributed by atoms with van der Waals surface area (Å²) in [5.74, 6) is -0.713. The molecule has 1 aliphatic heterocycles. The van der Waals surface area contributed by atoms with Gasteiger partial charge in [-0.15, -0.1) is 6.58 Å². The number of β-amino-alcohol motifs (C(OH)–C–C–N with tert-alkyl or cyclic N) is 1. The van der Waals surface area contributed by atoms with Crippen molar-refractivity contribution >= 4 is 5.91 Å². The molecule has 0 saturated carbocycles. The number of nitrogens with zero attached hydrogens (tertiary/aromatic N) is 2. The number of benzene rings is 1. The van der Waals surface area contributed by atoms with Crippen LogP contribution in [0, 0.1) is 5.82 Å². The van der Waals surface area contributed by atoms with E-state index in [9.17, 15) is 14.3 Å². The third kappa shape index (κ3) is 8.20. The number of ether oxygens (including phenoxy) is 3. The molecular formula is C21H31FN2O5. The van der Waals surface area contributed by atoms with Crippen molar-refractivity contribution in [3.8, 4) is 0 Å². The Kier molecular flexibility index (Phi) is 10.2. The fraction of sp³-hybridized carbons (Fsp3) is 0.571. The number of methoxy groups -OCH3 is 1. The quantitative estimate of drug-likeness (QED) is 0.412. The highest BCUT2D eigenvalue weighted by atomic mass is 19.1. The second-order valence-electron chi connectivity index (χ2n) is 6.99. The molecule has 2 atom stereocenters. The first-order valence-corrected chi connectivity index (χ1v) is 9.78. The van der Waals surface area contributed by atoms with Gasteiger partial charge in [0.2, 0.25) is 0 Å². The molecule has 1 aromatic carbocycles. The van der Waals surface area contributed by atoms with E-state index in [1.54, 1.807) is 24.2 Å². The van der Waals surface area contributed by atoms with Crippen LogP contribution >= 0.6 is 0 Å². The summed E-state index contributed by atoms with van der Waals surface area (Å²) in [5.41, 5.74) is 0.295. The lowest BCUT2D eigenvalue weighted by atomic mass is 10.1. The first-order chi connectivity index (χ1) is 14.0. The lowest BCUT2D eigenvalue weighted by molar-refractivity contribution is -0.0585. The molecular weight excluding hydrogens is 379 g/mol. The Hall–Kier alpha value is -1.84. The number of rotatable bonds is 12. The number of carbonyl (C=O) groups excluding carboxylic acids is 1. The van der Waals surface area contributed by atoms with Crippen molar-refractivity contribution in [1.29, 1.82) is 0 Å². The molecule has 1 fully saturated rings. The third-order valence-corrected chi connectivity index (χ3v) is 4.59. The van der Waals surface area contributed by atoms with Gasteiger partial charge in [-0.2, -0.15) is 0 Å². The molecule has 8 heteroatoms. The molecule has 2 rings (SSSR count). The topological polar surface area (TPSA) is 71.5 Å². The maximum atomic E-state index is 13.5. The van der Waals surface area contributed by atoms with Crippen molar-refractivity contribution in [2.75, 3.05) is 66.3 Å². The summed E-state index contributed by atoms with van der Waals surface area (Å²) in [6, 6.07) is 5.66. The van der Waals surface area contributed by atoms with Crippen LogP contribution in [0.25, 0.3) is 0 Å². The number of carbonyl (C=O) groups is 1. The molecule has 162 valence electrons. The molecule has 1 heterocycles. The molecule has 0 bridgehead atoms. The van der Waals surface area contributed by atoms with Gasteiger partial charge in [-0.25, -0.2) is 4.39 Å². The fourth-order valence-electron chi connectivity index (χ4n) is 3.22. The maximum absolute atomic E-state index is 13.5. The number of amides is 1. The fourth-order valence-corrected chi connectivity index (χ4v) is 3.22. The van der Waals surface area contributed by atoms with Crippen LogP contribution in [-0.2, 0) is 14.2 Å². The van der Waals surface area contributed by atoms with Crippen LogP contribution < -0.4 is 0 Å². The molecule has 1 aromatic rings. The predicted octanol–water partition coefficient (Wildman–Crippen LogP) is 1.18. The summed E-state index contributed by atoms with van der Waals surface area (Å²) in [7, 11) is 1.57. The van der Waals surface area contributed by atoms with Gasteiger partial charge in [-0.1, -0.05) is 12.1 Å². The van der Waals surface area contributed by atoms with Crippen LogP contribution in [0.2, 0.25) is 0 Å². The molecule has 0 spiro atoms. The summed E-state index contributed by atoms with van der Waals surface area (Å²) in [5, 5.41) is 10.1. The van der Waals surface area contributed by atoms with E-state index < -0.39 is 11.9 Å². The number of aliphatic hydroxyl groups is 1. The van der Waals surface area contributed by atoms with Crippen LogP contribution in [-0.4, -0.2) is 99.3 Å². The largest absolute Gasteiger partial charge is 0.389 e. The smallest absolute Gasteiger partial charge is 0.254 e. The first kappa shape index (κ1) is 23.4. The lowest BCUT2D eigenvalue weighted by Gasteiger charge is -2.36. The first-order valence-electron chi connectivity index (χ1n) is 9.78. The normalized spacial score (nSPS) is 18.4. The number of hydrogen-bond acceptors (Lipinski definition) is 6. The van der Waals surface area contributed by atoms with Gasteiger partial charge in [0, 0.05) is 45.4 Å². The van der Waals surface area contributed by atoms with Gasteiger partial charge in [-0.05, 0) is 18.2 Å². The molecule has 0 aliphatic carbocycles. The van der Waals surface area contributed by atoms with Gasteiger partial charge in [0.1, 0.15) is 5.82 Å². The standard InChI is InChI=1S/C21H31FN2O5/c1-3-9-28-16-19(25)13-23-7-11-29-20(14-23)15-24(8-10-27-2)21(26)17-5-4-6-18(22)12-17/h3-6,12,19-20,25H,1,7-11,13-16H2,2H3/t19-,20-/m1/s1. The Morgan fingerprint density at radius 2 is 2.38 bits per heavy atom. The van der Waals surface area contributed by atoms with E-state index in [0.29, 0.717) is 58.1 Å². The Morgan fingerprint density at radius 3 is 3.10 bits per heavy atom. The van der Waals surface area contributed by atoms with Crippen LogP contribution in [0.3, 0.4) is 0 Å². The second kappa shape index (κ2) is 12.7. The Bertz CT molecular complexity index is 645. The van der Waals surface area contributed by atoms with E-state index in [1.807, 2.05) is 0 Å². The molecule has 0 unspecified atom stereocenters. The van der Waals surface area contributed by atoms with Crippen molar-refractivity contribution in [3.63, 3.8) is 0 Å². The monoisotopic (exact) mass is 410 g/mol. The van der Waals surface area contributed by atoms with Gasteiger partial charge in [0.25, 0.3) is 5.91 Å². The zero-order valence-corrected chi connectivity index (χ0v) is 17.0. The zero-order chi connectivity index (χ0) is 21.1. The summed E-state index contributed by atoms with van der Waals surface area (Å²) in [4.78, 5) is 16.6. The van der Waals surface area contributed by atoms with Crippen molar-refractivity contribution in [3.05, 3.63) is 48.3 Å². The van der Waals surface area contributed by atoms with E-state index in [4.69, 9.17) is 14.2 Å². The molecule has 29 heavy (non-hydrogen) atoms. The van der Waals surface area contributed by atoms with Gasteiger partial charge in [0.05, 0.1) is 38.6 Å². The Balaban J connectivity index is 1.93. The van der Waals surface area contributed by atoms with Gasteiger partial charge in [-0.3, -0.25) is 9.69 Å². The summed E-state index contributed by atoms with van der Waals surface area (Å²) < 4.78 is 29.8.